The molecule has 2 rings (SSSR count). The van der Waals surface area contributed by atoms with Crippen molar-refractivity contribution >= 4 is 0 Å². The first-order valence-electron chi connectivity index (χ1n) is 6.28. The Hall–Kier alpha value is -0.840. The average molecular weight is 239 g/mol. The molecule has 1 atom stereocenters. The Kier molecular flexibility index (Phi) is 4.59. The van der Waals surface area contributed by atoms with Crippen LogP contribution in [0.2, 0.25) is 0 Å². The normalized spacial score (nSPS) is 20.0. The molecule has 4 nitrogen and oxygen atoms in total. The van der Waals surface area contributed by atoms with Gasteiger partial charge >= 0.3 is 0 Å². The van der Waals surface area contributed by atoms with Gasteiger partial charge in [-0.05, 0) is 31.5 Å². The minimum Gasteiger partial charge on any atom is -0.462 e. The van der Waals surface area contributed by atoms with Crippen LogP contribution in [0.5, 0.6) is 0 Å². The van der Waals surface area contributed by atoms with Crippen LogP contribution in [0.4, 0.5) is 0 Å². The van der Waals surface area contributed by atoms with Crippen LogP contribution in [0.1, 0.15) is 30.4 Å². The van der Waals surface area contributed by atoms with Crippen molar-refractivity contribution in [3.8, 4) is 0 Å². The van der Waals surface area contributed by atoms with E-state index in [0.29, 0.717) is 13.2 Å². The molecule has 4 heteroatoms. The van der Waals surface area contributed by atoms with Crippen molar-refractivity contribution in [2.24, 2.45) is 0 Å². The number of ether oxygens (including phenoxy) is 2. The molecule has 0 spiro atoms. The fourth-order valence-electron chi connectivity index (χ4n) is 1.92. The van der Waals surface area contributed by atoms with Gasteiger partial charge in [0, 0.05) is 6.61 Å². The second-order valence-corrected chi connectivity index (χ2v) is 4.40. The third-order valence-corrected chi connectivity index (χ3v) is 2.96. The molecule has 1 aliphatic rings. The number of hydrogen-bond donors (Lipinski definition) is 1. The summed E-state index contributed by atoms with van der Waals surface area (Å²) in [5, 5.41) is 3.26. The third kappa shape index (κ3) is 3.56. The molecule has 1 aromatic rings. The zero-order valence-electron chi connectivity index (χ0n) is 10.6. The molecule has 17 heavy (non-hydrogen) atoms. The van der Waals surface area contributed by atoms with E-state index in [1.54, 1.807) is 0 Å². The van der Waals surface area contributed by atoms with Crippen LogP contribution in [0.15, 0.2) is 10.5 Å². The number of aryl methyl sites for hydroxylation is 1. The summed E-state index contributed by atoms with van der Waals surface area (Å²) in [5.74, 6) is 1.91. The molecule has 0 amide bonds. The maximum atomic E-state index is 5.75. The highest BCUT2D eigenvalue weighted by atomic mass is 16.5. The Balaban J connectivity index is 1.83. The highest BCUT2D eigenvalue weighted by Gasteiger charge is 2.17. The van der Waals surface area contributed by atoms with Crippen LogP contribution in [-0.2, 0) is 22.6 Å². The summed E-state index contributed by atoms with van der Waals surface area (Å²) >= 11 is 0. The lowest BCUT2D eigenvalue weighted by atomic mass is 10.2. The van der Waals surface area contributed by atoms with Crippen molar-refractivity contribution < 1.29 is 13.9 Å². The summed E-state index contributed by atoms with van der Waals surface area (Å²) < 4.78 is 16.7. The molecule has 1 N–H and O–H groups in total. The van der Waals surface area contributed by atoms with Gasteiger partial charge < -0.3 is 19.2 Å². The van der Waals surface area contributed by atoms with Crippen LogP contribution < -0.4 is 5.32 Å². The predicted molar refractivity (Wildman–Crippen MR) is 64.8 cm³/mol. The van der Waals surface area contributed by atoms with Crippen LogP contribution >= 0.6 is 0 Å². The lowest BCUT2D eigenvalue weighted by Crippen LogP contribution is -2.12. The lowest BCUT2D eigenvalue weighted by Gasteiger charge is -2.07. The molecule has 0 aromatic carbocycles. The van der Waals surface area contributed by atoms with Gasteiger partial charge in [-0.3, -0.25) is 0 Å². The zero-order valence-corrected chi connectivity index (χ0v) is 10.6. The Morgan fingerprint density at radius 2 is 2.41 bits per heavy atom. The summed E-state index contributed by atoms with van der Waals surface area (Å²) in [6, 6.07) is 2.06. The van der Waals surface area contributed by atoms with Crippen molar-refractivity contribution in [2.75, 3.05) is 19.8 Å². The van der Waals surface area contributed by atoms with Crippen molar-refractivity contribution in [3.63, 3.8) is 0 Å². The van der Waals surface area contributed by atoms with Gasteiger partial charge in [-0.15, -0.1) is 0 Å². The first-order valence-corrected chi connectivity index (χ1v) is 6.28. The maximum Gasteiger partial charge on any atom is 0.130 e. The topological polar surface area (TPSA) is 43.6 Å². The number of rotatable bonds is 6. The van der Waals surface area contributed by atoms with Crippen LogP contribution in [0.25, 0.3) is 0 Å². The minimum absolute atomic E-state index is 0.234. The Labute approximate surface area is 102 Å². The molecular weight excluding hydrogens is 218 g/mol. The van der Waals surface area contributed by atoms with E-state index in [9.17, 15) is 0 Å². The van der Waals surface area contributed by atoms with E-state index in [-0.39, 0.29) is 6.10 Å². The monoisotopic (exact) mass is 239 g/mol. The molecule has 1 aromatic heterocycles. The van der Waals surface area contributed by atoms with E-state index < -0.39 is 0 Å². The van der Waals surface area contributed by atoms with E-state index in [1.807, 2.05) is 0 Å². The third-order valence-electron chi connectivity index (χ3n) is 2.96. The number of nitrogens with one attached hydrogen (secondary N) is 1. The lowest BCUT2D eigenvalue weighted by molar-refractivity contribution is 0.0230. The Morgan fingerprint density at radius 3 is 3.12 bits per heavy atom. The maximum absolute atomic E-state index is 5.75. The smallest absolute Gasteiger partial charge is 0.130 e. The van der Waals surface area contributed by atoms with Gasteiger partial charge in [0.25, 0.3) is 0 Å². The largest absolute Gasteiger partial charge is 0.462 e. The Bertz CT molecular complexity index is 342. The van der Waals surface area contributed by atoms with Crippen molar-refractivity contribution in [2.45, 2.75) is 39.5 Å². The van der Waals surface area contributed by atoms with Crippen molar-refractivity contribution in [1.29, 1.82) is 0 Å². The fourth-order valence-corrected chi connectivity index (χ4v) is 1.92. The van der Waals surface area contributed by atoms with Crippen LogP contribution in [0.3, 0.4) is 0 Å². The first kappa shape index (κ1) is 12.6. The van der Waals surface area contributed by atoms with Gasteiger partial charge in [0.05, 0.1) is 19.3 Å². The van der Waals surface area contributed by atoms with Crippen LogP contribution in [0, 0.1) is 6.92 Å². The molecule has 0 radical (unpaired) electrons. The molecule has 1 saturated heterocycles. The summed E-state index contributed by atoms with van der Waals surface area (Å²) in [4.78, 5) is 0. The Morgan fingerprint density at radius 1 is 1.53 bits per heavy atom. The highest BCUT2D eigenvalue weighted by molar-refractivity contribution is 5.19. The van der Waals surface area contributed by atoms with Gasteiger partial charge in [-0.1, -0.05) is 6.92 Å². The molecular formula is C13H21NO3. The highest BCUT2D eigenvalue weighted by Crippen LogP contribution is 2.17. The van der Waals surface area contributed by atoms with E-state index in [4.69, 9.17) is 13.9 Å². The van der Waals surface area contributed by atoms with Gasteiger partial charge in [-0.25, -0.2) is 0 Å². The number of furan rings is 1. The summed E-state index contributed by atoms with van der Waals surface area (Å²) in [6.07, 6.45) is 1.22. The van der Waals surface area contributed by atoms with Gasteiger partial charge in [0.15, 0.2) is 0 Å². The zero-order chi connectivity index (χ0) is 12.1. The van der Waals surface area contributed by atoms with Crippen molar-refractivity contribution in [1.82, 2.24) is 5.32 Å². The van der Waals surface area contributed by atoms with Gasteiger partial charge in [-0.2, -0.15) is 0 Å². The summed E-state index contributed by atoms with van der Waals surface area (Å²) in [5.41, 5.74) is 1.19. The minimum atomic E-state index is 0.234. The van der Waals surface area contributed by atoms with Gasteiger partial charge in [0.1, 0.15) is 18.1 Å². The molecule has 0 saturated carbocycles. The first-order chi connectivity index (χ1) is 8.29. The summed E-state index contributed by atoms with van der Waals surface area (Å²) in [6.45, 7) is 7.96. The quantitative estimate of drug-likeness (QED) is 0.824. The van der Waals surface area contributed by atoms with Crippen molar-refractivity contribution in [3.05, 3.63) is 23.2 Å². The fraction of sp³-hybridized carbons (Fsp3) is 0.692. The molecule has 1 fully saturated rings. The van der Waals surface area contributed by atoms with E-state index in [0.717, 1.165) is 37.6 Å². The SMILES string of the molecule is CCNCc1oc(COC2CCOC2)cc1C. The van der Waals surface area contributed by atoms with E-state index >= 15 is 0 Å². The molecule has 1 aliphatic heterocycles. The predicted octanol–water partition coefficient (Wildman–Crippen LogP) is 2.00. The summed E-state index contributed by atoms with van der Waals surface area (Å²) in [7, 11) is 0. The average Bonchev–Trinajstić information content (AvgIpc) is 2.93. The molecule has 0 aliphatic carbocycles. The molecule has 0 bridgehead atoms. The molecule has 1 unspecified atom stereocenters. The van der Waals surface area contributed by atoms with E-state index in [2.05, 4.69) is 25.2 Å². The second kappa shape index (κ2) is 6.19. The second-order valence-electron chi connectivity index (χ2n) is 4.40. The number of hydrogen-bond acceptors (Lipinski definition) is 4. The molecule has 96 valence electrons. The standard InChI is InChI=1S/C13H21NO3/c1-3-14-7-13-10(2)6-12(17-13)9-16-11-4-5-15-8-11/h6,11,14H,3-5,7-9H2,1-2H3. The van der Waals surface area contributed by atoms with Crippen LogP contribution in [-0.4, -0.2) is 25.9 Å². The van der Waals surface area contributed by atoms with E-state index in [1.165, 1.54) is 5.56 Å². The molecule has 2 heterocycles. The van der Waals surface area contributed by atoms with Gasteiger partial charge in [0.2, 0.25) is 0 Å².